The van der Waals surface area contributed by atoms with Crippen LogP contribution in [0.15, 0.2) is 48.5 Å². The quantitative estimate of drug-likeness (QED) is 0.558. The number of halogens is 1. The molecule has 3 amide bonds. The van der Waals surface area contributed by atoms with Gasteiger partial charge in [0.15, 0.2) is 0 Å². The highest BCUT2D eigenvalue weighted by Gasteiger charge is 2.24. The SMILES string of the molecule is CCC(CC)C(=O)N(CC(=O)NCC(=O)Nc1ccc(OC)cc1)Cc1ccc(F)cc1. The van der Waals surface area contributed by atoms with Gasteiger partial charge in [-0.1, -0.05) is 26.0 Å². The minimum Gasteiger partial charge on any atom is -0.497 e. The first-order valence-corrected chi connectivity index (χ1v) is 10.6. The highest BCUT2D eigenvalue weighted by atomic mass is 19.1. The molecule has 0 saturated carbocycles. The summed E-state index contributed by atoms with van der Waals surface area (Å²) in [5.41, 5.74) is 1.29. The lowest BCUT2D eigenvalue weighted by Crippen LogP contribution is -2.44. The van der Waals surface area contributed by atoms with Crippen molar-refractivity contribution in [1.82, 2.24) is 10.2 Å². The van der Waals surface area contributed by atoms with E-state index in [1.165, 1.54) is 17.0 Å². The molecular formula is C24H30FN3O4. The second-order valence-corrected chi connectivity index (χ2v) is 7.39. The molecule has 0 bridgehead atoms. The maximum Gasteiger partial charge on any atom is 0.243 e. The maximum absolute atomic E-state index is 13.2. The number of amides is 3. The van der Waals surface area contributed by atoms with Gasteiger partial charge in [-0.2, -0.15) is 0 Å². The van der Waals surface area contributed by atoms with Gasteiger partial charge in [0.2, 0.25) is 17.7 Å². The minimum atomic E-state index is -0.448. The van der Waals surface area contributed by atoms with E-state index in [1.807, 2.05) is 13.8 Å². The van der Waals surface area contributed by atoms with Gasteiger partial charge in [-0.3, -0.25) is 14.4 Å². The van der Waals surface area contributed by atoms with Gasteiger partial charge < -0.3 is 20.3 Å². The highest BCUT2D eigenvalue weighted by molar-refractivity contribution is 5.95. The third kappa shape index (κ3) is 7.68. The lowest BCUT2D eigenvalue weighted by molar-refractivity contribution is -0.140. The summed E-state index contributed by atoms with van der Waals surface area (Å²) in [7, 11) is 1.55. The zero-order valence-corrected chi connectivity index (χ0v) is 18.7. The van der Waals surface area contributed by atoms with Crippen molar-refractivity contribution in [1.29, 1.82) is 0 Å². The lowest BCUT2D eigenvalue weighted by Gasteiger charge is -2.26. The van der Waals surface area contributed by atoms with Gasteiger partial charge in [0.25, 0.3) is 0 Å². The molecule has 0 unspecified atom stereocenters. The van der Waals surface area contributed by atoms with Crippen LogP contribution in [0.4, 0.5) is 10.1 Å². The van der Waals surface area contributed by atoms with Crippen molar-refractivity contribution in [3.8, 4) is 5.75 Å². The average molecular weight is 444 g/mol. The van der Waals surface area contributed by atoms with Crippen LogP contribution >= 0.6 is 0 Å². The van der Waals surface area contributed by atoms with Gasteiger partial charge in [-0.15, -0.1) is 0 Å². The van der Waals surface area contributed by atoms with Gasteiger partial charge in [-0.05, 0) is 54.8 Å². The first-order valence-electron chi connectivity index (χ1n) is 10.6. The monoisotopic (exact) mass is 443 g/mol. The Kier molecular flexibility index (Phi) is 9.66. The Labute approximate surface area is 187 Å². The summed E-state index contributed by atoms with van der Waals surface area (Å²) in [6.45, 7) is 3.61. The molecule has 0 fully saturated rings. The molecule has 0 heterocycles. The molecule has 2 aromatic rings. The average Bonchev–Trinajstić information content (AvgIpc) is 2.80. The Bertz CT molecular complexity index is 896. The molecule has 2 rings (SSSR count). The van der Waals surface area contributed by atoms with Crippen molar-refractivity contribution in [3.05, 3.63) is 59.9 Å². The zero-order chi connectivity index (χ0) is 23.5. The van der Waals surface area contributed by atoms with Gasteiger partial charge in [-0.25, -0.2) is 4.39 Å². The number of nitrogens with zero attached hydrogens (tertiary/aromatic N) is 1. The Morgan fingerprint density at radius 2 is 1.59 bits per heavy atom. The Morgan fingerprint density at radius 3 is 2.16 bits per heavy atom. The molecule has 172 valence electrons. The van der Waals surface area contributed by atoms with Crippen molar-refractivity contribution < 1.29 is 23.5 Å². The summed E-state index contributed by atoms with van der Waals surface area (Å²) >= 11 is 0. The first kappa shape index (κ1) is 24.8. The fourth-order valence-electron chi connectivity index (χ4n) is 3.21. The molecule has 0 radical (unpaired) electrons. The predicted molar refractivity (Wildman–Crippen MR) is 121 cm³/mol. The fourth-order valence-corrected chi connectivity index (χ4v) is 3.21. The molecule has 0 aliphatic rings. The van der Waals surface area contributed by atoms with E-state index in [4.69, 9.17) is 4.74 Å². The number of carbonyl (C=O) groups excluding carboxylic acids is 3. The van der Waals surface area contributed by atoms with Gasteiger partial charge >= 0.3 is 0 Å². The summed E-state index contributed by atoms with van der Waals surface area (Å²) in [5.74, 6) is -0.887. The van der Waals surface area contributed by atoms with Crippen LogP contribution in [0.25, 0.3) is 0 Å². The zero-order valence-electron chi connectivity index (χ0n) is 18.7. The van der Waals surface area contributed by atoms with Crippen LogP contribution in [0, 0.1) is 11.7 Å². The van der Waals surface area contributed by atoms with Crippen LogP contribution in [-0.2, 0) is 20.9 Å². The van der Waals surface area contributed by atoms with Crippen LogP contribution in [0.2, 0.25) is 0 Å². The van der Waals surface area contributed by atoms with E-state index in [2.05, 4.69) is 10.6 Å². The number of nitrogens with one attached hydrogen (secondary N) is 2. The summed E-state index contributed by atoms with van der Waals surface area (Å²) in [6, 6.07) is 12.6. The molecule has 8 heteroatoms. The van der Waals surface area contributed by atoms with E-state index in [1.54, 1.807) is 43.5 Å². The molecule has 0 aromatic heterocycles. The summed E-state index contributed by atoms with van der Waals surface area (Å²) < 4.78 is 18.3. The van der Waals surface area contributed by atoms with Crippen molar-refractivity contribution in [2.24, 2.45) is 5.92 Å². The van der Waals surface area contributed by atoms with Gasteiger partial charge in [0.05, 0.1) is 20.2 Å². The first-order chi connectivity index (χ1) is 15.4. The highest BCUT2D eigenvalue weighted by Crippen LogP contribution is 2.16. The maximum atomic E-state index is 13.2. The minimum absolute atomic E-state index is 0.142. The molecule has 0 saturated heterocycles. The topological polar surface area (TPSA) is 87.7 Å². The normalized spacial score (nSPS) is 10.5. The number of ether oxygens (including phenoxy) is 1. The number of rotatable bonds is 11. The van der Waals surface area contributed by atoms with Gasteiger partial charge in [0.1, 0.15) is 11.6 Å². The number of carbonyl (C=O) groups is 3. The molecule has 0 spiro atoms. The molecular weight excluding hydrogens is 413 g/mol. The van der Waals surface area contributed by atoms with E-state index in [0.717, 1.165) is 5.56 Å². The third-order valence-electron chi connectivity index (χ3n) is 5.09. The second-order valence-electron chi connectivity index (χ2n) is 7.39. The molecule has 0 atom stereocenters. The van der Waals surface area contributed by atoms with Crippen LogP contribution in [-0.4, -0.2) is 42.8 Å². The van der Waals surface area contributed by atoms with Crippen molar-refractivity contribution in [3.63, 3.8) is 0 Å². The number of hydrogen-bond acceptors (Lipinski definition) is 4. The Balaban J connectivity index is 1.95. The molecule has 0 aliphatic heterocycles. The summed E-state index contributed by atoms with van der Waals surface area (Å²) in [6.07, 6.45) is 1.31. The van der Waals surface area contributed by atoms with Gasteiger partial charge in [0, 0.05) is 18.2 Å². The largest absolute Gasteiger partial charge is 0.497 e. The molecule has 2 aromatic carbocycles. The van der Waals surface area contributed by atoms with Crippen molar-refractivity contribution in [2.45, 2.75) is 33.2 Å². The molecule has 0 aliphatic carbocycles. The second kappa shape index (κ2) is 12.4. The van der Waals surface area contributed by atoms with Crippen LogP contribution in [0.3, 0.4) is 0 Å². The summed E-state index contributed by atoms with van der Waals surface area (Å²) in [4.78, 5) is 39.0. The van der Waals surface area contributed by atoms with E-state index in [0.29, 0.717) is 24.3 Å². The van der Waals surface area contributed by atoms with Crippen LogP contribution in [0.5, 0.6) is 5.75 Å². The third-order valence-corrected chi connectivity index (χ3v) is 5.09. The van der Waals surface area contributed by atoms with Crippen molar-refractivity contribution >= 4 is 23.4 Å². The summed E-state index contributed by atoms with van der Waals surface area (Å²) in [5, 5.41) is 5.23. The smallest absolute Gasteiger partial charge is 0.243 e. The van der Waals surface area contributed by atoms with Crippen LogP contribution in [0.1, 0.15) is 32.3 Å². The predicted octanol–water partition coefficient (Wildman–Crippen LogP) is 3.35. The molecule has 2 N–H and O–H groups in total. The van der Waals surface area contributed by atoms with E-state index in [9.17, 15) is 18.8 Å². The van der Waals surface area contributed by atoms with Crippen molar-refractivity contribution in [2.75, 3.05) is 25.5 Å². The number of benzene rings is 2. The van der Waals surface area contributed by atoms with E-state index < -0.39 is 5.91 Å². The number of hydrogen-bond donors (Lipinski definition) is 2. The standard InChI is InChI=1S/C24H30FN3O4/c1-4-18(5-2)24(31)28(15-17-6-8-19(25)9-7-17)16-23(30)26-14-22(29)27-20-10-12-21(32-3)13-11-20/h6-13,18H,4-5,14-16H2,1-3H3,(H,26,30)(H,27,29). The number of methoxy groups -OCH3 is 1. The molecule has 32 heavy (non-hydrogen) atoms. The van der Waals surface area contributed by atoms with Crippen LogP contribution < -0.4 is 15.4 Å². The van der Waals surface area contributed by atoms with E-state index in [-0.39, 0.29) is 43.2 Å². The lowest BCUT2D eigenvalue weighted by atomic mass is 10.0. The number of anilines is 1. The van der Waals surface area contributed by atoms with E-state index >= 15 is 0 Å². The Hall–Kier alpha value is -3.42. The molecule has 7 nitrogen and oxygen atoms in total. The Morgan fingerprint density at radius 1 is 0.969 bits per heavy atom. The fraction of sp³-hybridized carbons (Fsp3) is 0.375.